The van der Waals surface area contributed by atoms with Gasteiger partial charge in [0.1, 0.15) is 18.7 Å². The summed E-state index contributed by atoms with van der Waals surface area (Å²) >= 11 is 1.58. The first-order valence-corrected chi connectivity index (χ1v) is 9.07. The molecule has 0 unspecified atom stereocenters. The van der Waals surface area contributed by atoms with Gasteiger partial charge in [-0.05, 0) is 30.0 Å². The second-order valence-corrected chi connectivity index (χ2v) is 6.54. The number of nitro benzene ring substituents is 1. The topological polar surface area (TPSA) is 107 Å². The number of rotatable bonds is 6. The van der Waals surface area contributed by atoms with Gasteiger partial charge in [0.05, 0.1) is 10.5 Å². The highest BCUT2D eigenvalue weighted by molar-refractivity contribution is 7.98. The fourth-order valence-electron chi connectivity index (χ4n) is 2.67. The van der Waals surface area contributed by atoms with Gasteiger partial charge in [0.25, 0.3) is 17.5 Å². The third kappa shape index (κ3) is 3.68. The Bertz CT molecular complexity index is 941. The van der Waals surface area contributed by atoms with Gasteiger partial charge in [-0.1, -0.05) is 18.2 Å². The normalized spacial score (nSPS) is 12.9. The Hall–Kier alpha value is -3.20. The summed E-state index contributed by atoms with van der Waals surface area (Å²) in [5.74, 6) is -2.40. The highest BCUT2D eigenvalue weighted by Gasteiger charge is 2.41. The number of ether oxygens (including phenoxy) is 1. The van der Waals surface area contributed by atoms with E-state index in [1.165, 1.54) is 12.1 Å². The first kappa shape index (κ1) is 18.6. The highest BCUT2D eigenvalue weighted by atomic mass is 32.2. The fourth-order valence-corrected chi connectivity index (χ4v) is 3.08. The Morgan fingerprint density at radius 1 is 1.15 bits per heavy atom. The Morgan fingerprint density at radius 2 is 1.85 bits per heavy atom. The number of benzene rings is 2. The van der Waals surface area contributed by atoms with Crippen LogP contribution in [-0.4, -0.2) is 40.4 Å². The van der Waals surface area contributed by atoms with Crippen molar-refractivity contribution in [3.05, 3.63) is 69.3 Å². The number of amides is 2. The lowest BCUT2D eigenvalue weighted by atomic mass is 10.1. The fraction of sp³-hybridized carbons (Fsp3) is 0.167. The number of esters is 1. The van der Waals surface area contributed by atoms with Crippen LogP contribution in [0.3, 0.4) is 0 Å². The van der Waals surface area contributed by atoms with Crippen LogP contribution < -0.4 is 0 Å². The van der Waals surface area contributed by atoms with Gasteiger partial charge in [0.15, 0.2) is 0 Å². The minimum Gasteiger partial charge on any atom is -0.459 e. The number of carbonyl (C=O) groups is 3. The van der Waals surface area contributed by atoms with Crippen molar-refractivity contribution in [2.75, 3.05) is 12.8 Å². The lowest BCUT2D eigenvalue weighted by Gasteiger charge is -2.13. The molecule has 1 aliphatic heterocycles. The molecule has 0 atom stereocenters. The second-order valence-electron chi connectivity index (χ2n) is 5.66. The second kappa shape index (κ2) is 7.58. The van der Waals surface area contributed by atoms with Crippen LogP contribution in [0.4, 0.5) is 5.69 Å². The van der Waals surface area contributed by atoms with Crippen LogP contribution >= 0.6 is 11.8 Å². The lowest BCUT2D eigenvalue weighted by Crippen LogP contribution is -2.35. The molecule has 1 heterocycles. The number of fused-ring (bicyclic) bond motifs is 1. The summed E-state index contributed by atoms with van der Waals surface area (Å²) in [5.41, 5.74) is -0.0858. The number of thioether (sulfide) groups is 1. The van der Waals surface area contributed by atoms with Crippen LogP contribution in [0.25, 0.3) is 0 Å². The molecule has 9 heteroatoms. The van der Waals surface area contributed by atoms with Gasteiger partial charge in [0.2, 0.25) is 0 Å². The van der Waals surface area contributed by atoms with Crippen molar-refractivity contribution >= 4 is 35.2 Å². The van der Waals surface area contributed by atoms with E-state index < -0.39 is 34.9 Å². The van der Waals surface area contributed by atoms with Crippen molar-refractivity contribution in [2.45, 2.75) is 11.5 Å². The molecule has 0 aromatic heterocycles. The molecule has 0 saturated carbocycles. The van der Waals surface area contributed by atoms with E-state index in [4.69, 9.17) is 4.74 Å². The molecule has 0 spiro atoms. The first-order chi connectivity index (χ1) is 12.9. The summed E-state index contributed by atoms with van der Waals surface area (Å²) < 4.78 is 5.11. The molecule has 3 rings (SSSR count). The quantitative estimate of drug-likeness (QED) is 0.247. The Morgan fingerprint density at radius 3 is 2.48 bits per heavy atom. The van der Waals surface area contributed by atoms with E-state index in [2.05, 4.69) is 0 Å². The zero-order valence-electron chi connectivity index (χ0n) is 14.2. The molecule has 138 valence electrons. The van der Waals surface area contributed by atoms with Crippen LogP contribution in [0.5, 0.6) is 0 Å². The van der Waals surface area contributed by atoms with Gasteiger partial charge >= 0.3 is 5.97 Å². The summed E-state index contributed by atoms with van der Waals surface area (Å²) in [6.45, 7) is -0.608. The van der Waals surface area contributed by atoms with Crippen molar-refractivity contribution in [1.82, 2.24) is 4.90 Å². The van der Waals surface area contributed by atoms with Crippen molar-refractivity contribution in [1.29, 1.82) is 0 Å². The van der Waals surface area contributed by atoms with Crippen molar-refractivity contribution in [2.24, 2.45) is 0 Å². The SMILES string of the molecule is CSc1ccc(COC(=O)CN2C(=O)c3cccc([N+](=O)[O-])c3C2=O)cc1. The van der Waals surface area contributed by atoms with Crippen molar-refractivity contribution in [3.63, 3.8) is 0 Å². The molecule has 2 aromatic carbocycles. The van der Waals surface area contributed by atoms with Gasteiger partial charge in [-0.2, -0.15) is 0 Å². The van der Waals surface area contributed by atoms with E-state index in [9.17, 15) is 24.5 Å². The molecular formula is C18H14N2O6S. The maximum Gasteiger partial charge on any atom is 0.326 e. The zero-order chi connectivity index (χ0) is 19.6. The van der Waals surface area contributed by atoms with E-state index >= 15 is 0 Å². The summed E-state index contributed by atoms with van der Waals surface area (Å²) in [6, 6.07) is 11.2. The number of nitrogens with zero attached hydrogens (tertiary/aromatic N) is 2. The molecule has 2 amide bonds. The van der Waals surface area contributed by atoms with E-state index in [0.29, 0.717) is 4.90 Å². The number of nitro groups is 1. The summed E-state index contributed by atoms with van der Waals surface area (Å²) in [4.78, 5) is 48.9. The molecular weight excluding hydrogens is 372 g/mol. The maximum atomic E-state index is 12.4. The monoisotopic (exact) mass is 386 g/mol. The van der Waals surface area contributed by atoms with E-state index in [-0.39, 0.29) is 17.7 Å². The predicted molar refractivity (Wildman–Crippen MR) is 96.5 cm³/mol. The molecule has 0 fully saturated rings. The van der Waals surface area contributed by atoms with Crippen molar-refractivity contribution in [3.8, 4) is 0 Å². The molecule has 0 radical (unpaired) electrons. The molecule has 0 aliphatic carbocycles. The van der Waals surface area contributed by atoms with Crippen molar-refractivity contribution < 1.29 is 24.0 Å². The first-order valence-electron chi connectivity index (χ1n) is 7.84. The van der Waals surface area contributed by atoms with Gasteiger partial charge in [-0.3, -0.25) is 29.4 Å². The van der Waals surface area contributed by atoms with E-state index in [1.807, 2.05) is 30.5 Å². The van der Waals surface area contributed by atoms with Gasteiger partial charge in [-0.15, -0.1) is 11.8 Å². The molecule has 2 aromatic rings. The van der Waals surface area contributed by atoms with Crippen LogP contribution in [0, 0.1) is 10.1 Å². The van der Waals surface area contributed by atoms with Crippen LogP contribution in [-0.2, 0) is 16.1 Å². The third-order valence-corrected chi connectivity index (χ3v) is 4.76. The average Bonchev–Trinajstić information content (AvgIpc) is 2.91. The van der Waals surface area contributed by atoms with Gasteiger partial charge < -0.3 is 4.74 Å². The van der Waals surface area contributed by atoms with Gasteiger partial charge in [-0.25, -0.2) is 0 Å². The van der Waals surface area contributed by atoms with Crippen LogP contribution in [0.15, 0.2) is 47.4 Å². The highest BCUT2D eigenvalue weighted by Crippen LogP contribution is 2.30. The number of imide groups is 1. The number of hydrogen-bond acceptors (Lipinski definition) is 7. The lowest BCUT2D eigenvalue weighted by molar-refractivity contribution is -0.385. The summed E-state index contributed by atoms with van der Waals surface area (Å²) in [7, 11) is 0. The molecule has 27 heavy (non-hydrogen) atoms. The molecule has 1 aliphatic rings. The predicted octanol–water partition coefficient (Wildman–Crippen LogP) is 2.66. The number of carbonyl (C=O) groups excluding carboxylic acids is 3. The smallest absolute Gasteiger partial charge is 0.326 e. The van der Waals surface area contributed by atoms with E-state index in [1.54, 1.807) is 11.8 Å². The number of hydrogen-bond donors (Lipinski definition) is 0. The van der Waals surface area contributed by atoms with Crippen LogP contribution in [0.2, 0.25) is 0 Å². The molecule has 8 nitrogen and oxygen atoms in total. The molecule has 0 bridgehead atoms. The average molecular weight is 386 g/mol. The molecule has 0 N–H and O–H groups in total. The summed E-state index contributed by atoms with van der Waals surface area (Å²) in [6.07, 6.45) is 1.95. The Kier molecular flexibility index (Phi) is 5.22. The third-order valence-electron chi connectivity index (χ3n) is 4.02. The summed E-state index contributed by atoms with van der Waals surface area (Å²) in [5, 5.41) is 11.1. The molecule has 0 saturated heterocycles. The maximum absolute atomic E-state index is 12.4. The standard InChI is InChI=1S/C18H14N2O6S/c1-27-12-7-5-11(6-8-12)10-26-15(21)9-19-17(22)13-3-2-4-14(20(24)25)16(13)18(19)23/h2-8H,9-10H2,1H3. The minimum absolute atomic E-state index is 0.00316. The van der Waals surface area contributed by atoms with Crippen LogP contribution in [0.1, 0.15) is 26.3 Å². The van der Waals surface area contributed by atoms with E-state index in [0.717, 1.165) is 16.5 Å². The Balaban J connectivity index is 1.68. The van der Waals surface area contributed by atoms with Gasteiger partial charge in [0, 0.05) is 11.0 Å². The minimum atomic E-state index is -0.872. The Labute approximate surface area is 158 Å². The largest absolute Gasteiger partial charge is 0.459 e. The zero-order valence-corrected chi connectivity index (χ0v) is 15.0.